The molecule has 0 radical (unpaired) electrons. The fourth-order valence-electron chi connectivity index (χ4n) is 3.89. The number of hydrogen-bond acceptors (Lipinski definition) is 4. The molecule has 6 nitrogen and oxygen atoms in total. The summed E-state index contributed by atoms with van der Waals surface area (Å²) in [5.41, 5.74) is 7.05. The first kappa shape index (κ1) is 23.6. The van der Waals surface area contributed by atoms with E-state index in [0.717, 1.165) is 45.3 Å². The number of rotatable bonds is 6. The van der Waals surface area contributed by atoms with Gasteiger partial charge in [-0.15, -0.1) is 0 Å². The Bertz CT molecular complexity index is 1560. The maximum absolute atomic E-state index is 5.72. The van der Waals surface area contributed by atoms with Crippen LogP contribution in [0.1, 0.15) is 22.5 Å². The smallest absolute Gasteiger partial charge is 0.136 e. The van der Waals surface area contributed by atoms with Crippen molar-refractivity contribution in [2.45, 2.75) is 13.8 Å². The summed E-state index contributed by atoms with van der Waals surface area (Å²) in [6, 6.07) is 27.7. The molecule has 36 heavy (non-hydrogen) atoms. The van der Waals surface area contributed by atoms with Crippen molar-refractivity contribution in [1.82, 2.24) is 19.6 Å². The van der Waals surface area contributed by atoms with Crippen LogP contribution in [0.3, 0.4) is 0 Å². The molecule has 0 aliphatic heterocycles. The minimum atomic E-state index is 0.674. The highest BCUT2D eigenvalue weighted by Gasteiger charge is 2.09. The van der Waals surface area contributed by atoms with Crippen molar-refractivity contribution in [3.05, 3.63) is 117 Å². The third kappa shape index (κ3) is 4.68. The van der Waals surface area contributed by atoms with Crippen molar-refractivity contribution >= 4 is 48.2 Å². The van der Waals surface area contributed by atoms with Crippen LogP contribution >= 0.6 is 24.4 Å². The van der Waals surface area contributed by atoms with Crippen LogP contribution in [0.25, 0.3) is 11.4 Å². The van der Waals surface area contributed by atoms with Gasteiger partial charge in [0.25, 0.3) is 0 Å². The van der Waals surface area contributed by atoms with Crippen molar-refractivity contribution in [2.24, 2.45) is 9.98 Å². The minimum Gasteiger partial charge on any atom is -0.297 e. The van der Waals surface area contributed by atoms with Gasteiger partial charge in [0.2, 0.25) is 0 Å². The molecule has 178 valence electrons. The van der Waals surface area contributed by atoms with Gasteiger partial charge in [-0.25, -0.2) is 9.36 Å². The molecule has 2 N–H and O–H groups in total. The number of hydrogen-bond donors (Lipinski definition) is 2. The molecule has 2 heterocycles. The Kier molecular flexibility index (Phi) is 6.71. The van der Waals surface area contributed by atoms with E-state index < -0.39 is 0 Å². The lowest BCUT2D eigenvalue weighted by Crippen LogP contribution is -1.95. The van der Waals surface area contributed by atoms with Crippen molar-refractivity contribution < 1.29 is 0 Å². The summed E-state index contributed by atoms with van der Waals surface area (Å²) in [4.78, 5) is 9.47. The van der Waals surface area contributed by atoms with Gasteiger partial charge in [0, 0.05) is 23.8 Å². The Morgan fingerprint density at radius 1 is 0.583 bits per heavy atom. The van der Waals surface area contributed by atoms with Crippen LogP contribution in [0.5, 0.6) is 0 Å². The largest absolute Gasteiger partial charge is 0.297 e. The molecule has 5 rings (SSSR count). The molecule has 0 unspecified atom stereocenters. The van der Waals surface area contributed by atoms with Gasteiger partial charge in [-0.2, -0.15) is 0 Å². The van der Waals surface area contributed by atoms with Crippen LogP contribution in [0, 0.1) is 23.1 Å². The number of aryl methyl sites for hydroxylation is 2. The van der Waals surface area contributed by atoms with E-state index in [4.69, 9.17) is 34.4 Å². The summed E-state index contributed by atoms with van der Waals surface area (Å²) >= 11 is 11.4. The number of aliphatic imine (C=N–C) groups is 2. The number of nitrogens with one attached hydrogen (secondary N) is 2. The van der Waals surface area contributed by atoms with E-state index in [9.17, 15) is 0 Å². The van der Waals surface area contributed by atoms with E-state index in [1.54, 1.807) is 12.4 Å². The van der Waals surface area contributed by atoms with Crippen molar-refractivity contribution in [3.63, 3.8) is 0 Å². The molecule has 8 heteroatoms. The summed E-state index contributed by atoms with van der Waals surface area (Å²) in [5.74, 6) is 0. The van der Waals surface area contributed by atoms with Gasteiger partial charge in [0.15, 0.2) is 0 Å². The quantitative estimate of drug-likeness (QED) is 0.184. The van der Waals surface area contributed by atoms with Crippen LogP contribution < -0.4 is 0 Å². The van der Waals surface area contributed by atoms with Crippen LogP contribution in [0.4, 0.5) is 11.4 Å². The van der Waals surface area contributed by atoms with E-state index in [-0.39, 0.29) is 0 Å². The molecular formula is C28H24N6S2. The number of nitrogens with zero attached hydrogens (tertiary/aromatic N) is 4. The Hall–Kier alpha value is -4.14. The van der Waals surface area contributed by atoms with Gasteiger partial charge in [-0.1, -0.05) is 73.0 Å². The van der Waals surface area contributed by atoms with Gasteiger partial charge in [-0.3, -0.25) is 20.2 Å². The zero-order valence-corrected chi connectivity index (χ0v) is 21.5. The molecule has 0 bridgehead atoms. The van der Waals surface area contributed by atoms with E-state index in [1.807, 2.05) is 108 Å². The van der Waals surface area contributed by atoms with Crippen molar-refractivity contribution in [3.8, 4) is 11.4 Å². The average Bonchev–Trinajstić information content (AvgIpc) is 3.36. The van der Waals surface area contributed by atoms with Gasteiger partial charge in [0.05, 0.1) is 33.9 Å². The number of H-pyrrole nitrogens is 2. The fraction of sp³-hybridized carbons (Fsp3) is 0.0714. The van der Waals surface area contributed by atoms with E-state index >= 15 is 0 Å². The number of para-hydroxylation sites is 4. The van der Waals surface area contributed by atoms with E-state index in [2.05, 4.69) is 10.2 Å². The summed E-state index contributed by atoms with van der Waals surface area (Å²) in [7, 11) is 0. The molecule has 0 saturated heterocycles. The lowest BCUT2D eigenvalue weighted by atomic mass is 10.2. The van der Waals surface area contributed by atoms with Crippen molar-refractivity contribution in [2.75, 3.05) is 0 Å². The molecule has 0 amide bonds. The lowest BCUT2D eigenvalue weighted by molar-refractivity contribution is 0.853. The first-order valence-electron chi connectivity index (χ1n) is 11.4. The summed E-state index contributed by atoms with van der Waals surface area (Å²) in [6.45, 7) is 3.98. The Labute approximate surface area is 219 Å². The average molecular weight is 509 g/mol. The molecule has 0 saturated carbocycles. The van der Waals surface area contributed by atoms with Crippen LogP contribution in [0.15, 0.2) is 94.9 Å². The number of aromatic amines is 2. The van der Waals surface area contributed by atoms with Gasteiger partial charge >= 0.3 is 0 Å². The summed E-state index contributed by atoms with van der Waals surface area (Å²) < 4.78 is 5.12. The maximum Gasteiger partial charge on any atom is 0.136 e. The normalized spacial score (nSPS) is 11.6. The predicted molar refractivity (Wildman–Crippen MR) is 152 cm³/mol. The second-order valence-electron chi connectivity index (χ2n) is 8.26. The third-order valence-electron chi connectivity index (χ3n) is 5.81. The highest BCUT2D eigenvalue weighted by molar-refractivity contribution is 7.71. The Balaban J connectivity index is 1.46. The highest BCUT2D eigenvalue weighted by atomic mass is 32.1. The first-order chi connectivity index (χ1) is 17.5. The Morgan fingerprint density at radius 2 is 0.944 bits per heavy atom. The third-order valence-corrected chi connectivity index (χ3v) is 6.61. The monoisotopic (exact) mass is 508 g/mol. The molecule has 0 fully saturated rings. The van der Waals surface area contributed by atoms with Crippen LogP contribution in [-0.2, 0) is 0 Å². The molecule has 0 atom stereocenters. The van der Waals surface area contributed by atoms with Gasteiger partial charge < -0.3 is 0 Å². The van der Waals surface area contributed by atoms with Crippen molar-refractivity contribution in [1.29, 1.82) is 0 Å². The molecular weight excluding hydrogens is 484 g/mol. The standard InChI is InChI=1S/C28H24N6S2/c1-19-23(27(35)33(31-19)21-11-5-3-6-12-21)17-29-25-15-9-10-16-26(25)30-18-24-20(2)32-34(28(24)36)22-13-7-4-8-14-22/h3-18,31-32H,1-2H3. The van der Waals surface area contributed by atoms with Crippen LogP contribution in [-0.4, -0.2) is 32.0 Å². The molecule has 0 aliphatic carbocycles. The van der Waals surface area contributed by atoms with E-state index in [0.29, 0.717) is 9.28 Å². The Morgan fingerprint density at radius 3 is 1.33 bits per heavy atom. The topological polar surface area (TPSA) is 66.2 Å². The molecule has 0 spiro atoms. The zero-order valence-electron chi connectivity index (χ0n) is 19.8. The fourth-order valence-corrected chi connectivity index (χ4v) is 4.61. The van der Waals surface area contributed by atoms with Gasteiger partial charge in [0.1, 0.15) is 9.28 Å². The number of benzene rings is 3. The SMILES string of the molecule is Cc1[nH]n(-c2ccccc2)c(=S)c1C=Nc1ccccc1N=Cc1c(C)[nH]n(-c2ccccc2)c1=S. The molecule has 2 aromatic heterocycles. The minimum absolute atomic E-state index is 0.674. The highest BCUT2D eigenvalue weighted by Crippen LogP contribution is 2.28. The second kappa shape index (κ2) is 10.2. The molecule has 0 aliphatic rings. The van der Waals surface area contributed by atoms with Crippen LogP contribution in [0.2, 0.25) is 0 Å². The predicted octanol–water partition coefficient (Wildman–Crippen LogP) is 7.50. The summed E-state index contributed by atoms with van der Waals surface area (Å²) in [5, 5.41) is 6.66. The summed E-state index contributed by atoms with van der Waals surface area (Å²) in [6.07, 6.45) is 3.59. The molecule has 5 aromatic rings. The molecule has 3 aromatic carbocycles. The lowest BCUT2D eigenvalue weighted by Gasteiger charge is -2.01. The van der Waals surface area contributed by atoms with E-state index in [1.165, 1.54) is 0 Å². The first-order valence-corrected chi connectivity index (χ1v) is 12.3. The maximum atomic E-state index is 5.72. The second-order valence-corrected chi connectivity index (χ2v) is 9.03. The van der Waals surface area contributed by atoms with Gasteiger partial charge in [-0.05, 0) is 50.2 Å². The number of aromatic nitrogens is 4. The zero-order chi connectivity index (χ0) is 25.1.